The van der Waals surface area contributed by atoms with Gasteiger partial charge in [0.15, 0.2) is 0 Å². The second kappa shape index (κ2) is 7.08. The van der Waals surface area contributed by atoms with Gasteiger partial charge in [0.25, 0.3) is 0 Å². The van der Waals surface area contributed by atoms with Gasteiger partial charge in [-0.05, 0) is 54.0 Å². The van der Waals surface area contributed by atoms with Gasteiger partial charge < -0.3 is 5.32 Å². The highest BCUT2D eigenvalue weighted by Gasteiger charge is 2.22. The summed E-state index contributed by atoms with van der Waals surface area (Å²) in [5.41, 5.74) is 1.31. The Morgan fingerprint density at radius 1 is 1.43 bits per heavy atom. The van der Waals surface area contributed by atoms with Crippen LogP contribution in [0.5, 0.6) is 0 Å². The van der Waals surface area contributed by atoms with Gasteiger partial charge in [-0.3, -0.25) is 4.79 Å². The Kier molecular flexibility index (Phi) is 4.90. The van der Waals surface area contributed by atoms with Gasteiger partial charge in [-0.1, -0.05) is 24.6 Å². The number of halogens is 1. The van der Waals surface area contributed by atoms with Crippen LogP contribution in [0.2, 0.25) is 0 Å². The molecule has 1 N–H and O–H groups in total. The van der Waals surface area contributed by atoms with Crippen LogP contribution in [0.1, 0.15) is 37.3 Å². The molecule has 2 aromatic rings. The molecular formula is C15H18FN5OS. The number of carbonyl (C=O) groups is 1. The van der Waals surface area contributed by atoms with E-state index in [1.807, 2.05) is 4.68 Å². The molecule has 0 bridgehead atoms. The summed E-state index contributed by atoms with van der Waals surface area (Å²) in [5.74, 6) is -0.263. The number of hydrogen-bond acceptors (Lipinski definition) is 5. The van der Waals surface area contributed by atoms with Crippen molar-refractivity contribution in [3.05, 3.63) is 29.6 Å². The second-order valence-corrected chi connectivity index (χ2v) is 6.58. The average Bonchev–Trinajstić information content (AvgIpc) is 3.18. The van der Waals surface area contributed by atoms with Gasteiger partial charge in [0.2, 0.25) is 11.1 Å². The maximum absolute atomic E-state index is 13.1. The van der Waals surface area contributed by atoms with E-state index < -0.39 is 0 Å². The molecule has 23 heavy (non-hydrogen) atoms. The summed E-state index contributed by atoms with van der Waals surface area (Å²) in [4.78, 5) is 12.1. The van der Waals surface area contributed by atoms with Crippen LogP contribution in [0, 0.1) is 12.7 Å². The molecule has 1 heterocycles. The van der Waals surface area contributed by atoms with Crippen LogP contribution in [0.4, 0.5) is 10.1 Å². The highest BCUT2D eigenvalue weighted by Crippen LogP contribution is 2.31. The summed E-state index contributed by atoms with van der Waals surface area (Å²) in [5, 5.41) is 15.2. The van der Waals surface area contributed by atoms with Crippen molar-refractivity contribution in [2.75, 3.05) is 11.1 Å². The minimum absolute atomic E-state index is 0.161. The van der Waals surface area contributed by atoms with Crippen molar-refractivity contribution in [2.45, 2.75) is 43.8 Å². The van der Waals surface area contributed by atoms with Crippen LogP contribution in [0.15, 0.2) is 23.4 Å². The fourth-order valence-electron chi connectivity index (χ4n) is 2.74. The third-order valence-electron chi connectivity index (χ3n) is 3.93. The maximum atomic E-state index is 13.1. The molecular weight excluding hydrogens is 317 g/mol. The number of carbonyl (C=O) groups excluding carboxylic acids is 1. The van der Waals surface area contributed by atoms with Gasteiger partial charge in [-0.25, -0.2) is 9.07 Å². The number of nitrogens with zero attached hydrogens (tertiary/aromatic N) is 4. The first-order valence-electron chi connectivity index (χ1n) is 7.60. The summed E-state index contributed by atoms with van der Waals surface area (Å²) < 4.78 is 14.9. The van der Waals surface area contributed by atoms with E-state index in [0.717, 1.165) is 12.8 Å². The largest absolute Gasteiger partial charge is 0.325 e. The Morgan fingerprint density at radius 2 is 2.22 bits per heavy atom. The van der Waals surface area contributed by atoms with Crippen LogP contribution in [0.3, 0.4) is 0 Å². The van der Waals surface area contributed by atoms with Crippen molar-refractivity contribution in [1.29, 1.82) is 0 Å². The molecule has 0 atom stereocenters. The minimum Gasteiger partial charge on any atom is -0.325 e. The maximum Gasteiger partial charge on any atom is 0.234 e. The van der Waals surface area contributed by atoms with Crippen LogP contribution in [-0.2, 0) is 4.79 Å². The van der Waals surface area contributed by atoms with Crippen molar-refractivity contribution < 1.29 is 9.18 Å². The molecule has 0 spiro atoms. The predicted molar refractivity (Wildman–Crippen MR) is 85.8 cm³/mol. The molecule has 122 valence electrons. The van der Waals surface area contributed by atoms with Gasteiger partial charge in [-0.15, -0.1) is 5.10 Å². The predicted octanol–water partition coefficient (Wildman–Crippen LogP) is 2.97. The van der Waals surface area contributed by atoms with E-state index in [9.17, 15) is 9.18 Å². The third-order valence-corrected chi connectivity index (χ3v) is 4.86. The smallest absolute Gasteiger partial charge is 0.234 e. The Morgan fingerprint density at radius 3 is 2.96 bits per heavy atom. The van der Waals surface area contributed by atoms with Crippen LogP contribution >= 0.6 is 11.8 Å². The average molecular weight is 335 g/mol. The zero-order valence-corrected chi connectivity index (χ0v) is 13.6. The van der Waals surface area contributed by atoms with Crippen LogP contribution in [-0.4, -0.2) is 31.9 Å². The van der Waals surface area contributed by atoms with E-state index in [1.165, 1.54) is 36.7 Å². The van der Waals surface area contributed by atoms with E-state index in [0.29, 0.717) is 22.4 Å². The lowest BCUT2D eigenvalue weighted by Crippen LogP contribution is -2.16. The fourth-order valence-corrected chi connectivity index (χ4v) is 3.49. The number of nitrogens with one attached hydrogen (secondary N) is 1. The summed E-state index contributed by atoms with van der Waals surface area (Å²) in [7, 11) is 0. The van der Waals surface area contributed by atoms with Crippen molar-refractivity contribution >= 4 is 23.4 Å². The molecule has 1 fully saturated rings. The molecule has 0 unspecified atom stereocenters. The molecule has 1 aliphatic rings. The monoisotopic (exact) mass is 335 g/mol. The number of rotatable bonds is 5. The molecule has 3 rings (SSSR count). The lowest BCUT2D eigenvalue weighted by atomic mass is 10.2. The quantitative estimate of drug-likeness (QED) is 0.851. The van der Waals surface area contributed by atoms with E-state index in [-0.39, 0.29) is 17.5 Å². The first kappa shape index (κ1) is 15.9. The van der Waals surface area contributed by atoms with Crippen LogP contribution < -0.4 is 5.32 Å². The minimum atomic E-state index is -0.314. The summed E-state index contributed by atoms with van der Waals surface area (Å²) >= 11 is 1.32. The normalized spacial score (nSPS) is 15.0. The van der Waals surface area contributed by atoms with Gasteiger partial charge in [0.1, 0.15) is 5.82 Å². The number of amides is 1. The number of thioether (sulfide) groups is 1. The molecule has 1 aromatic heterocycles. The first-order chi connectivity index (χ1) is 11.1. The molecule has 8 heteroatoms. The number of benzene rings is 1. The van der Waals surface area contributed by atoms with E-state index in [1.54, 1.807) is 13.0 Å². The van der Waals surface area contributed by atoms with Crippen molar-refractivity contribution in [3.8, 4) is 0 Å². The summed E-state index contributed by atoms with van der Waals surface area (Å²) in [6, 6.07) is 4.63. The van der Waals surface area contributed by atoms with E-state index >= 15 is 0 Å². The van der Waals surface area contributed by atoms with Gasteiger partial charge in [0, 0.05) is 5.69 Å². The van der Waals surface area contributed by atoms with Gasteiger partial charge in [0.05, 0.1) is 11.8 Å². The van der Waals surface area contributed by atoms with Gasteiger partial charge >= 0.3 is 0 Å². The molecule has 0 aliphatic heterocycles. The second-order valence-electron chi connectivity index (χ2n) is 5.64. The lowest BCUT2D eigenvalue weighted by Gasteiger charge is -2.11. The number of anilines is 1. The van der Waals surface area contributed by atoms with E-state index in [2.05, 4.69) is 20.8 Å². The highest BCUT2D eigenvalue weighted by molar-refractivity contribution is 7.99. The topological polar surface area (TPSA) is 72.7 Å². The molecule has 1 aliphatic carbocycles. The Hall–Kier alpha value is -1.96. The number of hydrogen-bond donors (Lipinski definition) is 1. The Bertz CT molecular complexity index is 699. The van der Waals surface area contributed by atoms with Crippen molar-refractivity contribution in [1.82, 2.24) is 20.2 Å². The molecule has 1 aromatic carbocycles. The zero-order valence-electron chi connectivity index (χ0n) is 12.8. The van der Waals surface area contributed by atoms with Crippen molar-refractivity contribution in [3.63, 3.8) is 0 Å². The molecule has 1 saturated carbocycles. The number of aromatic nitrogens is 4. The molecule has 1 amide bonds. The number of tetrazole rings is 1. The summed E-state index contributed by atoms with van der Waals surface area (Å²) in [6.45, 7) is 1.76. The molecule has 0 saturated heterocycles. The SMILES string of the molecule is Cc1cc(F)ccc1NC(=O)CSc1nnnn1C1CCCC1. The molecule has 6 nitrogen and oxygen atoms in total. The third kappa shape index (κ3) is 3.87. The number of aryl methyl sites for hydroxylation is 1. The lowest BCUT2D eigenvalue weighted by molar-refractivity contribution is -0.113. The summed E-state index contributed by atoms with van der Waals surface area (Å²) in [6.07, 6.45) is 4.55. The van der Waals surface area contributed by atoms with Gasteiger partial charge in [-0.2, -0.15) is 0 Å². The highest BCUT2D eigenvalue weighted by atomic mass is 32.2. The Balaban J connectivity index is 1.58. The first-order valence-corrected chi connectivity index (χ1v) is 8.59. The van der Waals surface area contributed by atoms with Crippen LogP contribution in [0.25, 0.3) is 0 Å². The van der Waals surface area contributed by atoms with Crippen molar-refractivity contribution in [2.24, 2.45) is 0 Å². The Labute approximate surface area is 137 Å². The molecule has 0 radical (unpaired) electrons. The van der Waals surface area contributed by atoms with E-state index in [4.69, 9.17) is 0 Å². The fraction of sp³-hybridized carbons (Fsp3) is 0.467. The zero-order chi connectivity index (χ0) is 16.2. The standard InChI is InChI=1S/C15H18FN5OS/c1-10-8-11(16)6-7-13(10)17-14(22)9-23-15-18-19-20-21(15)12-4-2-3-5-12/h6-8,12H,2-5,9H2,1H3,(H,17,22).